The maximum Gasteiger partial charge on any atom is 0.175 e. The van der Waals surface area contributed by atoms with E-state index in [0.29, 0.717) is 17.0 Å². The van der Waals surface area contributed by atoms with E-state index >= 15 is 0 Å². The highest BCUT2D eigenvalue weighted by Gasteiger charge is 2.31. The Hall–Kier alpha value is -2.53. The molecule has 4 rings (SSSR count). The van der Waals surface area contributed by atoms with Crippen LogP contribution >= 0.6 is 0 Å². The van der Waals surface area contributed by atoms with E-state index in [-0.39, 0.29) is 0 Å². The summed E-state index contributed by atoms with van der Waals surface area (Å²) in [6.07, 6.45) is 5.64. The maximum atomic E-state index is 12.1. The molecule has 0 bridgehead atoms. The first kappa shape index (κ1) is 17.9. The zero-order valence-electron chi connectivity index (χ0n) is 14.7. The summed E-state index contributed by atoms with van der Waals surface area (Å²) < 4.78 is 22.0. The summed E-state index contributed by atoms with van der Waals surface area (Å²) in [5.74, 6) is 0.400. The van der Waals surface area contributed by atoms with Gasteiger partial charge in [0.15, 0.2) is 11.1 Å². The molecule has 1 aliphatic heterocycles. The number of aromatic amines is 1. The molecule has 2 N–H and O–H groups in total. The number of piperidine rings is 1. The molecular formula is C20H20N4O2S. The van der Waals surface area contributed by atoms with E-state index in [1.54, 1.807) is 24.4 Å². The van der Waals surface area contributed by atoms with Crippen LogP contribution in [-0.2, 0) is 11.1 Å². The first-order chi connectivity index (χ1) is 13.2. The van der Waals surface area contributed by atoms with Crippen LogP contribution in [0.25, 0.3) is 11.0 Å². The maximum absolute atomic E-state index is 12.1. The van der Waals surface area contributed by atoms with Gasteiger partial charge in [-0.2, -0.15) is 5.26 Å². The van der Waals surface area contributed by atoms with Crippen LogP contribution in [0.1, 0.15) is 40.8 Å². The van der Waals surface area contributed by atoms with E-state index in [1.807, 2.05) is 18.3 Å². The van der Waals surface area contributed by atoms with Crippen molar-refractivity contribution < 1.29 is 8.76 Å². The van der Waals surface area contributed by atoms with E-state index in [1.165, 1.54) is 5.56 Å². The largest absolute Gasteiger partial charge is 0.346 e. The fraction of sp³-hybridized carbons (Fsp3) is 0.300. The third-order valence-electron chi connectivity index (χ3n) is 5.28. The van der Waals surface area contributed by atoms with Crippen molar-refractivity contribution >= 4 is 22.1 Å². The molecule has 2 atom stereocenters. The zero-order chi connectivity index (χ0) is 18.8. The van der Waals surface area contributed by atoms with E-state index in [0.717, 1.165) is 37.0 Å². The van der Waals surface area contributed by atoms with E-state index in [9.17, 15) is 8.76 Å². The fourth-order valence-electron chi connectivity index (χ4n) is 3.98. The average molecular weight is 380 g/mol. The highest BCUT2D eigenvalue weighted by Crippen LogP contribution is 2.36. The third-order valence-corrected chi connectivity index (χ3v) is 6.23. The number of fused-ring (bicyclic) bond motifs is 1. The number of nitriles is 1. The van der Waals surface area contributed by atoms with Gasteiger partial charge in [-0.15, -0.1) is 0 Å². The Labute approximate surface area is 160 Å². The van der Waals surface area contributed by atoms with E-state index in [4.69, 9.17) is 5.26 Å². The van der Waals surface area contributed by atoms with Gasteiger partial charge < -0.3 is 9.54 Å². The first-order valence-corrected chi connectivity index (χ1v) is 10.1. The van der Waals surface area contributed by atoms with Crippen LogP contribution in [0.15, 0.2) is 48.8 Å². The Morgan fingerprint density at radius 2 is 2.11 bits per heavy atom. The van der Waals surface area contributed by atoms with E-state index < -0.39 is 16.5 Å². The van der Waals surface area contributed by atoms with Crippen LogP contribution < -0.4 is 0 Å². The molecule has 2 aromatic heterocycles. The van der Waals surface area contributed by atoms with Crippen LogP contribution in [0.2, 0.25) is 0 Å². The second kappa shape index (κ2) is 7.61. The molecule has 6 nitrogen and oxygen atoms in total. The molecule has 1 aliphatic rings. The van der Waals surface area contributed by atoms with Crippen molar-refractivity contribution in [2.24, 2.45) is 0 Å². The van der Waals surface area contributed by atoms with Crippen molar-refractivity contribution in [3.05, 3.63) is 65.5 Å². The van der Waals surface area contributed by atoms with Crippen molar-refractivity contribution in [1.82, 2.24) is 14.9 Å². The van der Waals surface area contributed by atoms with Gasteiger partial charge in [0.25, 0.3) is 0 Å². The van der Waals surface area contributed by atoms with Crippen LogP contribution in [0.5, 0.6) is 0 Å². The van der Waals surface area contributed by atoms with Crippen molar-refractivity contribution in [2.75, 3.05) is 13.1 Å². The molecular weight excluding hydrogens is 360 g/mol. The van der Waals surface area contributed by atoms with Crippen molar-refractivity contribution in [2.45, 2.75) is 24.1 Å². The normalized spacial score (nSPS) is 18.2. The number of nitrogens with zero attached hydrogens (tertiary/aromatic N) is 3. The van der Waals surface area contributed by atoms with Gasteiger partial charge in [-0.3, -0.25) is 4.90 Å². The summed E-state index contributed by atoms with van der Waals surface area (Å²) in [7, 11) is 0. The molecule has 138 valence electrons. The molecule has 3 aromatic rings. The van der Waals surface area contributed by atoms with Gasteiger partial charge in [0, 0.05) is 30.9 Å². The SMILES string of the molecule is N#Cc1cccc(C(N2CCC(c3c[nH]c4ncccc34)CC2)S(=O)O)c1. The third kappa shape index (κ3) is 3.52. The first-order valence-electron chi connectivity index (χ1n) is 8.93. The predicted octanol–water partition coefficient (Wildman–Crippen LogP) is 3.53. The van der Waals surface area contributed by atoms with Crippen molar-refractivity contribution in [3.63, 3.8) is 0 Å². The van der Waals surface area contributed by atoms with Gasteiger partial charge in [0.1, 0.15) is 11.0 Å². The number of likely N-dealkylation sites (tertiary alicyclic amines) is 1. The summed E-state index contributed by atoms with van der Waals surface area (Å²) in [6, 6.07) is 13.1. The molecule has 1 aromatic carbocycles. The van der Waals surface area contributed by atoms with Crippen LogP contribution in [-0.4, -0.2) is 36.7 Å². The van der Waals surface area contributed by atoms with Crippen LogP contribution in [0.4, 0.5) is 0 Å². The Bertz CT molecular complexity index is 1020. The van der Waals surface area contributed by atoms with Gasteiger partial charge in [-0.1, -0.05) is 12.1 Å². The molecule has 0 spiro atoms. The lowest BCUT2D eigenvalue weighted by atomic mass is 9.89. The highest BCUT2D eigenvalue weighted by atomic mass is 32.2. The second-order valence-electron chi connectivity index (χ2n) is 6.82. The summed E-state index contributed by atoms with van der Waals surface area (Å²) in [4.78, 5) is 9.64. The molecule has 7 heteroatoms. The fourth-order valence-corrected chi connectivity index (χ4v) is 4.82. The molecule has 0 amide bonds. The lowest BCUT2D eigenvalue weighted by molar-refractivity contribution is 0.192. The van der Waals surface area contributed by atoms with Crippen LogP contribution in [0, 0.1) is 11.3 Å². The molecule has 1 fully saturated rings. The summed E-state index contributed by atoms with van der Waals surface area (Å²) in [6.45, 7) is 1.46. The van der Waals surface area contributed by atoms with Crippen molar-refractivity contribution in [1.29, 1.82) is 5.26 Å². The Morgan fingerprint density at radius 1 is 1.30 bits per heavy atom. The minimum absolute atomic E-state index is 0.400. The summed E-state index contributed by atoms with van der Waals surface area (Å²) in [5.41, 5.74) is 3.39. The topological polar surface area (TPSA) is 93.0 Å². The van der Waals surface area contributed by atoms with E-state index in [2.05, 4.69) is 27.0 Å². The molecule has 3 heterocycles. The molecule has 1 saturated heterocycles. The van der Waals surface area contributed by atoms with Gasteiger partial charge in [-0.25, -0.2) is 9.19 Å². The van der Waals surface area contributed by atoms with Gasteiger partial charge in [-0.05, 0) is 54.2 Å². The van der Waals surface area contributed by atoms with Gasteiger partial charge in [0.2, 0.25) is 0 Å². The number of rotatable bonds is 4. The Kier molecular flexibility index (Phi) is 5.03. The molecule has 27 heavy (non-hydrogen) atoms. The molecule has 0 saturated carbocycles. The number of hydrogen-bond donors (Lipinski definition) is 2. The van der Waals surface area contributed by atoms with Crippen molar-refractivity contribution in [3.8, 4) is 6.07 Å². The second-order valence-corrected chi connectivity index (χ2v) is 7.82. The minimum atomic E-state index is -2.03. The highest BCUT2D eigenvalue weighted by molar-refractivity contribution is 7.79. The number of H-pyrrole nitrogens is 1. The number of nitrogens with one attached hydrogen (secondary N) is 1. The van der Waals surface area contributed by atoms with Crippen LogP contribution in [0.3, 0.4) is 0 Å². The Morgan fingerprint density at radius 3 is 2.85 bits per heavy atom. The zero-order valence-corrected chi connectivity index (χ0v) is 15.5. The number of benzene rings is 1. The summed E-state index contributed by atoms with van der Waals surface area (Å²) in [5, 5.41) is 9.65. The van der Waals surface area contributed by atoms with Gasteiger partial charge >= 0.3 is 0 Å². The Balaban J connectivity index is 1.53. The number of aromatic nitrogens is 2. The standard InChI is InChI=1S/C20H20N4O2S/c21-12-14-3-1-4-16(11-14)20(27(25)26)24-9-6-15(7-10-24)18-13-23-19-17(18)5-2-8-22-19/h1-5,8,11,13,15,20H,6-7,9-10H2,(H,22,23)(H,25,26). The van der Waals surface area contributed by atoms with Gasteiger partial charge in [0.05, 0.1) is 11.6 Å². The number of hydrogen-bond acceptors (Lipinski definition) is 4. The smallest absolute Gasteiger partial charge is 0.175 e. The average Bonchev–Trinajstić information content (AvgIpc) is 3.13. The predicted molar refractivity (Wildman–Crippen MR) is 104 cm³/mol. The lowest BCUT2D eigenvalue weighted by Crippen LogP contribution is -2.38. The number of pyridine rings is 1. The minimum Gasteiger partial charge on any atom is -0.346 e. The quantitative estimate of drug-likeness (QED) is 0.676. The molecule has 0 radical (unpaired) electrons. The monoisotopic (exact) mass is 380 g/mol. The summed E-state index contributed by atoms with van der Waals surface area (Å²) >= 11 is -2.03. The molecule has 0 aliphatic carbocycles. The molecule has 2 unspecified atom stereocenters. The lowest BCUT2D eigenvalue weighted by Gasteiger charge is -2.36.